The van der Waals surface area contributed by atoms with E-state index in [0.717, 1.165) is 5.75 Å². The molecule has 0 spiro atoms. The molecule has 2 aromatic rings. The summed E-state index contributed by atoms with van der Waals surface area (Å²) in [7, 11) is 1.71. The van der Waals surface area contributed by atoms with Gasteiger partial charge in [-0.2, -0.15) is 0 Å². The molecule has 21 heavy (non-hydrogen) atoms. The van der Waals surface area contributed by atoms with Crippen LogP contribution in [0.4, 0.5) is 0 Å². The van der Waals surface area contributed by atoms with Gasteiger partial charge in [0, 0.05) is 24.5 Å². The lowest BCUT2D eigenvalue weighted by Crippen LogP contribution is -2.41. The number of hydrogen-bond donors (Lipinski definition) is 1. The van der Waals surface area contributed by atoms with Crippen molar-refractivity contribution in [1.29, 1.82) is 0 Å². The van der Waals surface area contributed by atoms with E-state index in [4.69, 9.17) is 4.74 Å². The van der Waals surface area contributed by atoms with E-state index >= 15 is 0 Å². The van der Waals surface area contributed by atoms with E-state index in [2.05, 4.69) is 53.6 Å². The fraction of sp³-hybridized carbons (Fsp3) is 0.389. The van der Waals surface area contributed by atoms with E-state index in [-0.39, 0.29) is 0 Å². The third kappa shape index (κ3) is 3.24. The molecule has 0 radical (unpaired) electrons. The largest absolute Gasteiger partial charge is 0.497 e. The smallest absolute Gasteiger partial charge is 0.118 e. The third-order valence-corrected chi connectivity index (χ3v) is 4.42. The zero-order valence-corrected chi connectivity index (χ0v) is 12.6. The lowest BCUT2D eigenvalue weighted by Gasteiger charge is -2.38. The Kier molecular flexibility index (Phi) is 4.20. The summed E-state index contributed by atoms with van der Waals surface area (Å²) in [6.45, 7) is 2.22. The van der Waals surface area contributed by atoms with Crippen molar-refractivity contribution in [3.63, 3.8) is 0 Å². The van der Waals surface area contributed by atoms with Gasteiger partial charge >= 0.3 is 0 Å². The summed E-state index contributed by atoms with van der Waals surface area (Å²) in [4.78, 5) is 4.07. The van der Waals surface area contributed by atoms with E-state index in [1.54, 1.807) is 7.11 Å². The van der Waals surface area contributed by atoms with Gasteiger partial charge in [-0.25, -0.2) is 0 Å². The Morgan fingerprint density at radius 1 is 1.10 bits per heavy atom. The first-order valence-corrected chi connectivity index (χ1v) is 7.56. The van der Waals surface area contributed by atoms with Crippen molar-refractivity contribution < 1.29 is 4.74 Å². The van der Waals surface area contributed by atoms with Gasteiger partial charge in [-0.15, -0.1) is 0 Å². The molecule has 1 heterocycles. The van der Waals surface area contributed by atoms with Crippen LogP contribution in [0.25, 0.3) is 0 Å². The van der Waals surface area contributed by atoms with Crippen LogP contribution in [0.15, 0.2) is 48.8 Å². The van der Waals surface area contributed by atoms with Crippen molar-refractivity contribution in [2.45, 2.75) is 37.8 Å². The minimum atomic E-state index is 0.384. The summed E-state index contributed by atoms with van der Waals surface area (Å²) in [6.07, 6.45) is 6.13. The van der Waals surface area contributed by atoms with E-state index in [9.17, 15) is 0 Å². The van der Waals surface area contributed by atoms with Crippen LogP contribution >= 0.6 is 0 Å². The molecule has 1 aliphatic carbocycles. The van der Waals surface area contributed by atoms with E-state index in [0.29, 0.717) is 18.0 Å². The Bertz CT molecular complexity index is 562. The highest BCUT2D eigenvalue weighted by Gasteiger charge is 2.31. The van der Waals surface area contributed by atoms with E-state index in [1.807, 2.05) is 12.4 Å². The fourth-order valence-corrected chi connectivity index (χ4v) is 3.00. The summed E-state index contributed by atoms with van der Waals surface area (Å²) in [5.41, 5.74) is 2.73. The first-order valence-electron chi connectivity index (χ1n) is 7.56. The number of hydrogen-bond acceptors (Lipinski definition) is 3. The van der Waals surface area contributed by atoms with Gasteiger partial charge in [0.15, 0.2) is 0 Å². The highest BCUT2D eigenvalue weighted by atomic mass is 16.5. The van der Waals surface area contributed by atoms with Gasteiger partial charge in [0.2, 0.25) is 0 Å². The summed E-state index contributed by atoms with van der Waals surface area (Å²) < 4.78 is 5.21. The molecule has 0 unspecified atom stereocenters. The average molecular weight is 282 g/mol. The van der Waals surface area contributed by atoms with Gasteiger partial charge in [0.05, 0.1) is 7.11 Å². The first kappa shape index (κ1) is 14.1. The molecule has 0 saturated heterocycles. The van der Waals surface area contributed by atoms with Gasteiger partial charge in [0.25, 0.3) is 0 Å². The van der Waals surface area contributed by atoms with Crippen molar-refractivity contribution >= 4 is 0 Å². The van der Waals surface area contributed by atoms with Gasteiger partial charge in [-0.05, 0) is 61.1 Å². The van der Waals surface area contributed by atoms with E-state index in [1.165, 1.54) is 24.0 Å². The summed E-state index contributed by atoms with van der Waals surface area (Å²) >= 11 is 0. The lowest BCUT2D eigenvalue weighted by molar-refractivity contribution is 0.270. The van der Waals surface area contributed by atoms with Crippen LogP contribution in [0.1, 0.15) is 42.9 Å². The second kappa shape index (κ2) is 6.27. The maximum Gasteiger partial charge on any atom is 0.118 e. The molecule has 1 aromatic heterocycles. The predicted octanol–water partition coefficient (Wildman–Crippen LogP) is 3.69. The second-order valence-corrected chi connectivity index (χ2v) is 5.81. The summed E-state index contributed by atoms with van der Waals surface area (Å²) in [6, 6.07) is 13.6. The van der Waals surface area contributed by atoms with Crippen LogP contribution in [0.2, 0.25) is 0 Å². The lowest BCUT2D eigenvalue weighted by atomic mass is 9.75. The SMILES string of the molecule is COc1ccc(C2CC(N[C@H](C)c3ccncc3)C2)cc1. The number of benzene rings is 1. The maximum atomic E-state index is 5.21. The predicted molar refractivity (Wildman–Crippen MR) is 84.5 cm³/mol. The van der Waals surface area contributed by atoms with E-state index < -0.39 is 0 Å². The van der Waals surface area contributed by atoms with Crippen molar-refractivity contribution in [3.8, 4) is 5.75 Å². The summed E-state index contributed by atoms with van der Waals surface area (Å²) in [5, 5.41) is 3.70. The molecule has 0 bridgehead atoms. The Hall–Kier alpha value is -1.87. The van der Waals surface area contributed by atoms with Crippen molar-refractivity contribution in [2.75, 3.05) is 7.11 Å². The number of pyridine rings is 1. The van der Waals surface area contributed by atoms with Crippen LogP contribution < -0.4 is 10.1 Å². The van der Waals surface area contributed by atoms with Crippen LogP contribution in [-0.4, -0.2) is 18.1 Å². The first-order chi connectivity index (χ1) is 10.3. The molecule has 3 heteroatoms. The Morgan fingerprint density at radius 3 is 2.38 bits per heavy atom. The zero-order valence-electron chi connectivity index (χ0n) is 12.6. The molecule has 3 nitrogen and oxygen atoms in total. The molecule has 0 amide bonds. The molecular formula is C18H22N2O. The summed E-state index contributed by atoms with van der Waals surface area (Å²) in [5.74, 6) is 1.61. The molecule has 3 rings (SSSR count). The second-order valence-electron chi connectivity index (χ2n) is 5.81. The standard InChI is InChI=1S/C18H22N2O/c1-13(14-7-9-19-10-8-14)20-17-11-16(12-17)15-3-5-18(21-2)6-4-15/h3-10,13,16-17,20H,11-12H2,1-2H3/t13-,16?,17?/m1/s1. The Balaban J connectivity index is 1.51. The van der Waals surface area contributed by atoms with Crippen LogP contribution in [0.3, 0.4) is 0 Å². The van der Waals surface area contributed by atoms with Gasteiger partial charge < -0.3 is 10.1 Å². The maximum absolute atomic E-state index is 5.21. The molecule has 1 fully saturated rings. The van der Waals surface area contributed by atoms with Crippen molar-refractivity contribution in [1.82, 2.24) is 10.3 Å². The molecule has 110 valence electrons. The monoisotopic (exact) mass is 282 g/mol. The molecule has 0 aliphatic heterocycles. The van der Waals surface area contributed by atoms with Gasteiger partial charge in [0.1, 0.15) is 5.75 Å². The van der Waals surface area contributed by atoms with Gasteiger partial charge in [-0.3, -0.25) is 4.98 Å². The minimum absolute atomic E-state index is 0.384. The van der Waals surface area contributed by atoms with Gasteiger partial charge in [-0.1, -0.05) is 12.1 Å². The number of ether oxygens (including phenoxy) is 1. The third-order valence-electron chi connectivity index (χ3n) is 4.42. The zero-order chi connectivity index (χ0) is 14.7. The topological polar surface area (TPSA) is 34.1 Å². The highest BCUT2D eigenvalue weighted by Crippen LogP contribution is 2.38. The Morgan fingerprint density at radius 2 is 1.76 bits per heavy atom. The van der Waals surface area contributed by atoms with Crippen LogP contribution in [-0.2, 0) is 0 Å². The number of methoxy groups -OCH3 is 1. The Labute approximate surface area is 126 Å². The van der Waals surface area contributed by atoms with Crippen molar-refractivity contribution in [3.05, 3.63) is 59.9 Å². The normalized spacial score (nSPS) is 22.4. The molecule has 1 aromatic carbocycles. The quantitative estimate of drug-likeness (QED) is 0.908. The van der Waals surface area contributed by atoms with Crippen molar-refractivity contribution in [2.24, 2.45) is 0 Å². The average Bonchev–Trinajstić information content (AvgIpc) is 2.51. The molecule has 1 aliphatic rings. The number of rotatable bonds is 5. The van der Waals surface area contributed by atoms with Crippen LogP contribution in [0.5, 0.6) is 5.75 Å². The molecular weight excluding hydrogens is 260 g/mol. The fourth-order valence-electron chi connectivity index (χ4n) is 3.00. The van der Waals surface area contributed by atoms with Crippen LogP contribution in [0, 0.1) is 0 Å². The number of aromatic nitrogens is 1. The molecule has 1 atom stereocenters. The highest BCUT2D eigenvalue weighted by molar-refractivity contribution is 5.31. The number of nitrogens with zero attached hydrogens (tertiary/aromatic N) is 1. The molecule has 1 N–H and O–H groups in total. The molecule has 1 saturated carbocycles. The minimum Gasteiger partial charge on any atom is -0.497 e. The number of nitrogens with one attached hydrogen (secondary N) is 1.